The number of sulfonamides is 1. The Hall–Kier alpha value is -0.900. The monoisotopic (exact) mass is 398 g/mol. The molecule has 0 aliphatic carbocycles. The molecule has 0 radical (unpaired) electrons. The molecule has 26 heavy (non-hydrogen) atoms. The van der Waals surface area contributed by atoms with Gasteiger partial charge in [-0.1, -0.05) is 0 Å². The summed E-state index contributed by atoms with van der Waals surface area (Å²) < 4.78 is 27.2. The Labute approximate surface area is 158 Å². The van der Waals surface area contributed by atoms with E-state index < -0.39 is 10.0 Å². The molecule has 1 aromatic heterocycles. The molecule has 0 N–H and O–H groups in total. The Balaban J connectivity index is 1.42. The van der Waals surface area contributed by atoms with Gasteiger partial charge >= 0.3 is 0 Å². The van der Waals surface area contributed by atoms with E-state index >= 15 is 0 Å². The highest BCUT2D eigenvalue weighted by Crippen LogP contribution is 2.23. The predicted octanol–water partition coefficient (Wildman–Crippen LogP) is 0.533. The first-order valence-corrected chi connectivity index (χ1v) is 12.2. The van der Waals surface area contributed by atoms with Gasteiger partial charge in [0.1, 0.15) is 0 Å². The Morgan fingerprint density at radius 1 is 1.23 bits per heavy atom. The van der Waals surface area contributed by atoms with Gasteiger partial charge in [-0.25, -0.2) is 17.4 Å². The minimum Gasteiger partial charge on any atom is -0.297 e. The number of hydrogen-bond donors (Lipinski definition) is 0. The Bertz CT molecular complexity index is 824. The first-order valence-electron chi connectivity index (χ1n) is 9.42. The molecule has 2 saturated heterocycles. The van der Waals surface area contributed by atoms with E-state index in [-0.39, 0.29) is 17.4 Å². The standard InChI is InChI=1S/C17H26N4O3S2/c22-17-11-14-13-25-9-4-16(14)18-21(17)12-15-3-1-5-19(15)7-8-20-6-2-10-26(20,23)24/h11,15H,1-10,12-13H2. The van der Waals surface area contributed by atoms with Crippen LogP contribution in [0.4, 0.5) is 0 Å². The number of likely N-dealkylation sites (tertiary alicyclic amines) is 1. The second kappa shape index (κ2) is 7.61. The van der Waals surface area contributed by atoms with Crippen LogP contribution in [0.25, 0.3) is 0 Å². The fourth-order valence-corrected chi connectivity index (χ4v) is 6.63. The lowest BCUT2D eigenvalue weighted by molar-refractivity contribution is 0.211. The van der Waals surface area contributed by atoms with Crippen LogP contribution in [0, 0.1) is 0 Å². The molecule has 1 unspecified atom stereocenters. The topological polar surface area (TPSA) is 75.5 Å². The molecule has 7 nitrogen and oxygen atoms in total. The van der Waals surface area contributed by atoms with Crippen molar-refractivity contribution in [2.75, 3.05) is 37.7 Å². The van der Waals surface area contributed by atoms with Crippen LogP contribution in [0.3, 0.4) is 0 Å². The molecule has 0 saturated carbocycles. The molecule has 0 aromatic carbocycles. The quantitative estimate of drug-likeness (QED) is 0.720. The van der Waals surface area contributed by atoms with E-state index in [0.29, 0.717) is 19.6 Å². The molecular formula is C17H26N4O3S2. The SMILES string of the molecule is O=c1cc2c(nn1CC1CCCN1CCN1CCCS1(=O)=O)CCSC2. The van der Waals surface area contributed by atoms with E-state index in [0.717, 1.165) is 61.5 Å². The fraction of sp³-hybridized carbons (Fsp3) is 0.765. The number of rotatable bonds is 5. The molecule has 0 bridgehead atoms. The van der Waals surface area contributed by atoms with E-state index in [9.17, 15) is 13.2 Å². The van der Waals surface area contributed by atoms with Gasteiger partial charge in [0.2, 0.25) is 10.0 Å². The van der Waals surface area contributed by atoms with Gasteiger partial charge in [0.25, 0.3) is 5.56 Å². The van der Waals surface area contributed by atoms with Crippen molar-refractivity contribution >= 4 is 21.8 Å². The summed E-state index contributed by atoms with van der Waals surface area (Å²) >= 11 is 1.85. The number of thioether (sulfide) groups is 1. The van der Waals surface area contributed by atoms with Gasteiger partial charge in [-0.15, -0.1) is 0 Å². The molecule has 3 aliphatic heterocycles. The second-order valence-corrected chi connectivity index (χ2v) is 10.5. The Morgan fingerprint density at radius 2 is 2.12 bits per heavy atom. The fourth-order valence-electron chi connectivity index (χ4n) is 4.16. The van der Waals surface area contributed by atoms with Crippen molar-refractivity contribution in [3.8, 4) is 0 Å². The number of fused-ring (bicyclic) bond motifs is 1. The van der Waals surface area contributed by atoms with Crippen LogP contribution >= 0.6 is 11.8 Å². The third-order valence-corrected chi connectivity index (χ3v) is 8.59. The van der Waals surface area contributed by atoms with Gasteiger partial charge in [0, 0.05) is 43.9 Å². The van der Waals surface area contributed by atoms with Gasteiger partial charge in [0.05, 0.1) is 18.0 Å². The lowest BCUT2D eigenvalue weighted by Crippen LogP contribution is -2.42. The van der Waals surface area contributed by atoms with Crippen molar-refractivity contribution < 1.29 is 8.42 Å². The van der Waals surface area contributed by atoms with Crippen molar-refractivity contribution in [1.29, 1.82) is 0 Å². The summed E-state index contributed by atoms with van der Waals surface area (Å²) in [6.07, 6.45) is 3.79. The van der Waals surface area contributed by atoms with Crippen LogP contribution in [0.1, 0.15) is 30.5 Å². The molecule has 144 valence electrons. The predicted molar refractivity (Wildman–Crippen MR) is 103 cm³/mol. The highest BCUT2D eigenvalue weighted by molar-refractivity contribution is 7.98. The first-order chi connectivity index (χ1) is 12.5. The van der Waals surface area contributed by atoms with Crippen molar-refractivity contribution in [2.24, 2.45) is 0 Å². The maximum absolute atomic E-state index is 12.4. The van der Waals surface area contributed by atoms with E-state index in [1.54, 1.807) is 15.1 Å². The van der Waals surface area contributed by atoms with E-state index in [2.05, 4.69) is 10.00 Å². The highest BCUT2D eigenvalue weighted by atomic mass is 32.2. The minimum absolute atomic E-state index is 0.0137. The average Bonchev–Trinajstić information content (AvgIpc) is 3.19. The van der Waals surface area contributed by atoms with Gasteiger partial charge in [-0.3, -0.25) is 9.69 Å². The second-order valence-electron chi connectivity index (χ2n) is 7.34. The van der Waals surface area contributed by atoms with Crippen molar-refractivity contribution in [3.05, 3.63) is 27.7 Å². The summed E-state index contributed by atoms with van der Waals surface area (Å²) in [6.45, 7) is 3.51. The molecule has 9 heteroatoms. The first kappa shape index (κ1) is 18.5. The van der Waals surface area contributed by atoms with E-state index in [1.165, 1.54) is 0 Å². The van der Waals surface area contributed by atoms with Gasteiger partial charge in [0.15, 0.2) is 0 Å². The highest BCUT2D eigenvalue weighted by Gasteiger charge is 2.31. The lowest BCUT2D eigenvalue weighted by Gasteiger charge is -2.27. The maximum Gasteiger partial charge on any atom is 0.267 e. The van der Waals surface area contributed by atoms with Crippen LogP contribution in [-0.2, 0) is 28.7 Å². The van der Waals surface area contributed by atoms with Crippen molar-refractivity contribution in [3.63, 3.8) is 0 Å². The summed E-state index contributed by atoms with van der Waals surface area (Å²) in [6, 6.07) is 2.02. The zero-order valence-corrected chi connectivity index (χ0v) is 16.6. The molecule has 4 heterocycles. The number of nitrogens with zero attached hydrogens (tertiary/aromatic N) is 4. The van der Waals surface area contributed by atoms with Crippen LogP contribution in [0.15, 0.2) is 10.9 Å². The molecule has 0 spiro atoms. The summed E-state index contributed by atoms with van der Waals surface area (Å²) in [5.74, 6) is 2.24. The zero-order valence-electron chi connectivity index (χ0n) is 15.0. The Kier molecular flexibility index (Phi) is 5.41. The molecular weight excluding hydrogens is 372 g/mol. The molecule has 2 fully saturated rings. The van der Waals surface area contributed by atoms with Crippen LogP contribution < -0.4 is 5.56 Å². The van der Waals surface area contributed by atoms with Crippen molar-refractivity contribution in [2.45, 2.75) is 44.0 Å². The summed E-state index contributed by atoms with van der Waals surface area (Å²) in [7, 11) is -3.04. The summed E-state index contributed by atoms with van der Waals surface area (Å²) in [5.41, 5.74) is 2.14. The van der Waals surface area contributed by atoms with Gasteiger partial charge in [-0.05, 0) is 37.1 Å². The van der Waals surface area contributed by atoms with E-state index in [1.807, 2.05) is 11.8 Å². The number of aryl methyl sites for hydroxylation is 1. The molecule has 1 aromatic rings. The molecule has 1 atom stereocenters. The number of hydrogen-bond acceptors (Lipinski definition) is 6. The third-order valence-electron chi connectivity index (χ3n) is 5.63. The largest absolute Gasteiger partial charge is 0.297 e. The summed E-state index contributed by atoms with van der Waals surface area (Å²) in [5, 5.41) is 4.63. The normalized spacial score (nSPS) is 26.2. The molecule has 3 aliphatic rings. The van der Waals surface area contributed by atoms with Crippen molar-refractivity contribution in [1.82, 2.24) is 19.0 Å². The maximum atomic E-state index is 12.4. The number of aromatic nitrogens is 2. The average molecular weight is 399 g/mol. The van der Waals surface area contributed by atoms with Crippen LogP contribution in [-0.4, -0.2) is 71.1 Å². The van der Waals surface area contributed by atoms with Gasteiger partial charge in [-0.2, -0.15) is 16.9 Å². The van der Waals surface area contributed by atoms with E-state index in [4.69, 9.17) is 0 Å². The minimum atomic E-state index is -3.04. The molecule has 4 rings (SSSR count). The van der Waals surface area contributed by atoms with Gasteiger partial charge < -0.3 is 0 Å². The third kappa shape index (κ3) is 3.85. The lowest BCUT2D eigenvalue weighted by atomic mass is 10.2. The smallest absolute Gasteiger partial charge is 0.267 e. The summed E-state index contributed by atoms with van der Waals surface area (Å²) in [4.78, 5) is 14.8. The Morgan fingerprint density at radius 3 is 2.92 bits per heavy atom. The van der Waals surface area contributed by atoms with Crippen LogP contribution in [0.5, 0.6) is 0 Å². The van der Waals surface area contributed by atoms with Crippen LogP contribution in [0.2, 0.25) is 0 Å². The molecule has 0 amide bonds. The zero-order chi connectivity index (χ0) is 18.1.